The third-order valence-electron chi connectivity index (χ3n) is 12.0. The maximum Gasteiger partial charge on any atom is 0.257 e. The fraction of sp³-hybridized carbons (Fsp3) is 0.250. The van der Waals surface area contributed by atoms with Crippen LogP contribution >= 0.6 is 0 Å². The minimum atomic E-state index is -0.299. The van der Waals surface area contributed by atoms with E-state index >= 15 is 0 Å². The van der Waals surface area contributed by atoms with Crippen molar-refractivity contribution >= 4 is 68.1 Å². The van der Waals surface area contributed by atoms with E-state index in [1.807, 2.05) is 96.2 Å². The Morgan fingerprint density at radius 2 is 1.59 bits per heavy atom. The summed E-state index contributed by atoms with van der Waals surface area (Å²) in [6, 6.07) is 25.5. The lowest BCUT2D eigenvalue weighted by Gasteiger charge is -2.33. The molecule has 17 heteroatoms. The highest BCUT2D eigenvalue weighted by Gasteiger charge is 2.19. The van der Waals surface area contributed by atoms with Crippen LogP contribution in [0.25, 0.3) is 44.1 Å². The van der Waals surface area contributed by atoms with Crippen LogP contribution < -0.4 is 30.5 Å². The second kappa shape index (κ2) is 21.2. The van der Waals surface area contributed by atoms with Gasteiger partial charge in [-0.15, -0.1) is 0 Å². The highest BCUT2D eigenvalue weighted by Crippen LogP contribution is 2.38. The number of piperazine rings is 1. The van der Waals surface area contributed by atoms with E-state index in [0.717, 1.165) is 94.8 Å². The van der Waals surface area contributed by atoms with Crippen molar-refractivity contribution in [3.8, 4) is 28.1 Å². The van der Waals surface area contributed by atoms with Crippen molar-refractivity contribution in [2.75, 3.05) is 100 Å². The van der Waals surface area contributed by atoms with Gasteiger partial charge in [-0.1, -0.05) is 36.9 Å². The summed E-state index contributed by atoms with van der Waals surface area (Å²) in [5.41, 5.74) is 7.71. The second-order valence-corrected chi connectivity index (χ2v) is 17.2. The number of aromatic nitrogens is 7. The number of ether oxygens (including phenoxy) is 1. The Morgan fingerprint density at radius 1 is 0.797 bits per heavy atom. The number of amides is 2. The van der Waals surface area contributed by atoms with E-state index in [9.17, 15) is 9.59 Å². The lowest BCUT2D eigenvalue weighted by Crippen LogP contribution is -2.44. The summed E-state index contributed by atoms with van der Waals surface area (Å²) in [7, 11) is 13.7. The molecule has 1 saturated heterocycles. The van der Waals surface area contributed by atoms with E-state index in [0.29, 0.717) is 34.5 Å². The topological polar surface area (TPSA) is 167 Å². The molecule has 2 amide bonds. The Labute approximate surface area is 402 Å². The van der Waals surface area contributed by atoms with E-state index in [1.54, 1.807) is 36.4 Å². The number of hydrogen-bond acceptors (Lipinski definition) is 13. The van der Waals surface area contributed by atoms with Crippen molar-refractivity contribution in [2.24, 2.45) is 14.1 Å². The normalized spacial score (nSPS) is 12.7. The van der Waals surface area contributed by atoms with Gasteiger partial charge in [0.05, 0.1) is 36.1 Å². The molecule has 0 bridgehead atoms. The zero-order valence-corrected chi connectivity index (χ0v) is 40.1. The summed E-state index contributed by atoms with van der Waals surface area (Å²) in [4.78, 5) is 51.9. The van der Waals surface area contributed by atoms with Crippen LogP contribution in [-0.4, -0.2) is 130 Å². The average molecular weight is 927 g/mol. The smallest absolute Gasteiger partial charge is 0.257 e. The number of benzene rings is 3. The minimum absolute atomic E-state index is 0.196. The molecule has 9 rings (SSSR count). The van der Waals surface area contributed by atoms with Gasteiger partial charge in [0.2, 0.25) is 11.9 Å². The molecule has 0 spiro atoms. The lowest BCUT2D eigenvalue weighted by atomic mass is 10.1. The summed E-state index contributed by atoms with van der Waals surface area (Å²) in [6.07, 6.45) is 12.3. The Kier molecular flexibility index (Phi) is 14.6. The number of methoxy groups -OCH3 is 1. The van der Waals surface area contributed by atoms with Crippen LogP contribution in [0.1, 0.15) is 10.4 Å². The van der Waals surface area contributed by atoms with Gasteiger partial charge in [-0.3, -0.25) is 14.3 Å². The molecule has 354 valence electrons. The molecule has 0 radical (unpaired) electrons. The quantitative estimate of drug-likeness (QED) is 0.0917. The summed E-state index contributed by atoms with van der Waals surface area (Å²) in [5, 5.41) is 16.5. The number of carbonyl (C=O) groups is 2. The fourth-order valence-electron chi connectivity index (χ4n) is 8.06. The molecule has 6 heterocycles. The van der Waals surface area contributed by atoms with Crippen LogP contribution in [0, 0.1) is 0 Å². The van der Waals surface area contributed by atoms with Crippen molar-refractivity contribution in [2.45, 2.75) is 0 Å². The van der Waals surface area contributed by atoms with Gasteiger partial charge < -0.3 is 44.9 Å². The Balaban J connectivity index is 0.000000188. The molecule has 1 aliphatic rings. The van der Waals surface area contributed by atoms with Crippen molar-refractivity contribution in [3.05, 3.63) is 134 Å². The molecule has 0 atom stereocenters. The third-order valence-corrected chi connectivity index (χ3v) is 12.0. The molecule has 8 aromatic rings. The number of likely N-dealkylation sites (N-methyl/N-ethyl adjacent to an activating group) is 3. The van der Waals surface area contributed by atoms with Gasteiger partial charge in [0.15, 0.2) is 0 Å². The summed E-state index contributed by atoms with van der Waals surface area (Å²) < 4.78 is 9.57. The Morgan fingerprint density at radius 3 is 2.35 bits per heavy atom. The number of fused-ring (bicyclic) bond motifs is 2. The van der Waals surface area contributed by atoms with Crippen LogP contribution in [0.4, 0.5) is 34.6 Å². The van der Waals surface area contributed by atoms with Crippen LogP contribution in [-0.2, 0) is 18.9 Å². The summed E-state index contributed by atoms with van der Waals surface area (Å²) >= 11 is 0. The first-order chi connectivity index (χ1) is 33.3. The van der Waals surface area contributed by atoms with Gasteiger partial charge in [-0.05, 0) is 80.6 Å². The molecule has 3 N–H and O–H groups in total. The largest absolute Gasteiger partial charge is 0.494 e. The van der Waals surface area contributed by atoms with Crippen molar-refractivity contribution in [1.82, 2.24) is 44.1 Å². The molecule has 69 heavy (non-hydrogen) atoms. The highest BCUT2D eigenvalue weighted by molar-refractivity contribution is 6.05. The standard InChI is InChI=1S/C28H33N7O2.C24H25N7O/c1-7-27(36)30-22-16-23(26(37-6)17-25(22)34(4)15-14-33(2)3)32-28-29-13-12-21(31-28)20-18-35(5)24-11-9-8-10-19(20)24;1-29-7-9-31(10-8-29)23-13-18(5-6-25-23)24(32)28-22-12-20-11-17(3-4-19(20)14-26-22)21-15-27-30(2)16-21/h7-13,16-18H,1,14-15H2,2-6H3,(H,30,36)(H,29,31,32);3-6,11-16H,7-10H2,1-2H3,(H,26,28,32). The predicted molar refractivity (Wildman–Crippen MR) is 277 cm³/mol. The number of rotatable bonds is 14. The minimum Gasteiger partial charge on any atom is -0.494 e. The maximum atomic E-state index is 12.9. The molecule has 0 saturated carbocycles. The SMILES string of the molecule is C=CC(=O)Nc1cc(Nc2nccc(-c3cn(C)c4ccccc34)n2)c(OC)cc1N(C)CCN(C)C.CN1CCN(c2cc(C(=O)Nc3cc4cc(-c5cnn(C)c5)ccc4cn3)ccn2)CC1. The van der Waals surface area contributed by atoms with E-state index in [1.165, 1.54) is 6.08 Å². The Bertz CT molecular complexity index is 3120. The number of anilines is 6. The van der Waals surface area contributed by atoms with Gasteiger partial charge in [-0.25, -0.2) is 19.9 Å². The zero-order valence-electron chi connectivity index (χ0n) is 40.1. The van der Waals surface area contributed by atoms with Gasteiger partial charge in [0, 0.05) is 130 Å². The fourth-order valence-corrected chi connectivity index (χ4v) is 8.06. The third kappa shape index (κ3) is 11.3. The first-order valence-corrected chi connectivity index (χ1v) is 22.6. The first kappa shape index (κ1) is 47.3. The van der Waals surface area contributed by atoms with Crippen molar-refractivity contribution in [1.29, 1.82) is 0 Å². The van der Waals surface area contributed by atoms with Gasteiger partial charge >= 0.3 is 0 Å². The molecule has 1 aliphatic heterocycles. The molecular weight excluding hydrogens is 869 g/mol. The summed E-state index contributed by atoms with van der Waals surface area (Å²) in [5.74, 6) is 1.87. The maximum absolute atomic E-state index is 12.9. The van der Waals surface area contributed by atoms with Crippen LogP contribution in [0.2, 0.25) is 0 Å². The number of carbonyl (C=O) groups excluding carboxylic acids is 2. The number of para-hydroxylation sites is 1. The van der Waals surface area contributed by atoms with E-state index < -0.39 is 0 Å². The molecule has 5 aromatic heterocycles. The molecule has 17 nitrogen and oxygen atoms in total. The molecule has 0 unspecified atom stereocenters. The van der Waals surface area contributed by atoms with Gasteiger partial charge in [-0.2, -0.15) is 5.10 Å². The molecule has 1 fully saturated rings. The first-order valence-electron chi connectivity index (χ1n) is 22.6. The van der Waals surface area contributed by atoms with Crippen LogP contribution in [0.15, 0.2) is 129 Å². The number of pyridine rings is 2. The van der Waals surface area contributed by atoms with E-state index in [-0.39, 0.29) is 11.8 Å². The molecular formula is C52H58N14O3. The predicted octanol–water partition coefficient (Wildman–Crippen LogP) is 7.54. The summed E-state index contributed by atoms with van der Waals surface area (Å²) in [6.45, 7) is 8.97. The molecule has 3 aromatic carbocycles. The van der Waals surface area contributed by atoms with Gasteiger partial charge in [0.25, 0.3) is 5.91 Å². The highest BCUT2D eigenvalue weighted by atomic mass is 16.5. The monoisotopic (exact) mass is 926 g/mol. The number of aryl methyl sites for hydroxylation is 2. The van der Waals surface area contributed by atoms with Gasteiger partial charge in [0.1, 0.15) is 17.4 Å². The number of nitrogens with one attached hydrogen (secondary N) is 3. The number of hydrogen-bond donors (Lipinski definition) is 3. The average Bonchev–Trinajstić information content (AvgIpc) is 3.96. The van der Waals surface area contributed by atoms with E-state index in [4.69, 9.17) is 9.72 Å². The zero-order chi connectivity index (χ0) is 48.6. The number of nitrogens with zero attached hydrogens (tertiary/aromatic N) is 11. The lowest BCUT2D eigenvalue weighted by molar-refractivity contribution is -0.111. The van der Waals surface area contributed by atoms with E-state index in [2.05, 4.69) is 104 Å². The molecule has 0 aliphatic carbocycles. The van der Waals surface area contributed by atoms with Crippen LogP contribution in [0.3, 0.4) is 0 Å². The second-order valence-electron chi connectivity index (χ2n) is 17.2. The van der Waals surface area contributed by atoms with Crippen LogP contribution in [0.5, 0.6) is 5.75 Å². The van der Waals surface area contributed by atoms with Crippen molar-refractivity contribution in [3.63, 3.8) is 0 Å². The van der Waals surface area contributed by atoms with Crippen molar-refractivity contribution < 1.29 is 14.3 Å². The Hall–Kier alpha value is -8.15.